The Balaban J connectivity index is 0.00000441. The number of halogens is 1. The van der Waals surface area contributed by atoms with Gasteiger partial charge in [-0.05, 0) is 43.4 Å². The van der Waals surface area contributed by atoms with Crippen LogP contribution in [-0.2, 0) is 4.79 Å². The lowest BCUT2D eigenvalue weighted by atomic mass is 10.0. The molecule has 0 aliphatic rings. The molecule has 0 bridgehead atoms. The van der Waals surface area contributed by atoms with Gasteiger partial charge in [-0.1, -0.05) is 26.0 Å². The van der Waals surface area contributed by atoms with Gasteiger partial charge in [-0.25, -0.2) is 0 Å². The Morgan fingerprint density at radius 2 is 2.00 bits per heavy atom. The van der Waals surface area contributed by atoms with Crippen LogP contribution in [0, 0.1) is 19.8 Å². The molecule has 5 heteroatoms. The Hall–Kier alpha value is -1.26. The molecule has 0 aliphatic carbocycles. The fourth-order valence-corrected chi connectivity index (χ4v) is 2.20. The molecule has 0 heterocycles. The number of hydrogen-bond acceptors (Lipinski definition) is 3. The maximum Gasteiger partial charge on any atom is 0.223 e. The summed E-state index contributed by atoms with van der Waals surface area (Å²) < 4.78 is 5.69. The highest BCUT2D eigenvalue weighted by Crippen LogP contribution is 2.19. The lowest BCUT2D eigenvalue weighted by Gasteiger charge is -2.19. The van der Waals surface area contributed by atoms with E-state index in [0.717, 1.165) is 23.3 Å². The Bertz CT molecular complexity index is 464. The first-order valence-corrected chi connectivity index (χ1v) is 7.61. The smallest absolute Gasteiger partial charge is 0.223 e. The van der Waals surface area contributed by atoms with Crippen molar-refractivity contribution in [2.75, 3.05) is 13.2 Å². The Kier molecular flexibility index (Phi) is 9.86. The summed E-state index contributed by atoms with van der Waals surface area (Å²) in [5.41, 5.74) is 7.92. The summed E-state index contributed by atoms with van der Waals surface area (Å²) in [4.78, 5) is 11.9. The van der Waals surface area contributed by atoms with Crippen LogP contribution >= 0.6 is 12.4 Å². The van der Waals surface area contributed by atoms with Gasteiger partial charge in [0.2, 0.25) is 5.91 Å². The summed E-state index contributed by atoms with van der Waals surface area (Å²) in [7, 11) is 0. The molecular formula is C17H29ClN2O2. The summed E-state index contributed by atoms with van der Waals surface area (Å²) in [5, 5.41) is 2.97. The van der Waals surface area contributed by atoms with E-state index in [4.69, 9.17) is 10.5 Å². The fraction of sp³-hybridized carbons (Fsp3) is 0.588. The summed E-state index contributed by atoms with van der Waals surface area (Å²) in [6, 6.07) is 6.12. The summed E-state index contributed by atoms with van der Waals surface area (Å²) in [6.45, 7) is 9.13. The zero-order valence-electron chi connectivity index (χ0n) is 14.0. The quantitative estimate of drug-likeness (QED) is 0.771. The van der Waals surface area contributed by atoms with Crippen LogP contribution in [0.3, 0.4) is 0 Å². The van der Waals surface area contributed by atoms with Crippen molar-refractivity contribution in [3.63, 3.8) is 0 Å². The molecule has 1 aromatic carbocycles. The molecule has 1 aromatic rings. The van der Waals surface area contributed by atoms with Gasteiger partial charge in [0.05, 0.1) is 13.0 Å². The zero-order chi connectivity index (χ0) is 15.8. The number of carbonyl (C=O) groups excluding carboxylic acids is 1. The second-order valence-electron chi connectivity index (χ2n) is 6.00. The molecule has 0 saturated carbocycles. The molecule has 1 amide bonds. The van der Waals surface area contributed by atoms with Gasteiger partial charge in [-0.2, -0.15) is 0 Å². The normalized spacial score (nSPS) is 11.7. The van der Waals surface area contributed by atoms with Crippen molar-refractivity contribution in [2.45, 2.75) is 46.6 Å². The van der Waals surface area contributed by atoms with Gasteiger partial charge < -0.3 is 15.8 Å². The zero-order valence-corrected chi connectivity index (χ0v) is 14.8. The minimum atomic E-state index is -0.00333. The molecule has 1 unspecified atom stereocenters. The lowest BCUT2D eigenvalue weighted by Crippen LogP contribution is -2.41. The Morgan fingerprint density at radius 1 is 1.32 bits per heavy atom. The highest BCUT2D eigenvalue weighted by Gasteiger charge is 2.12. The van der Waals surface area contributed by atoms with Crippen molar-refractivity contribution in [2.24, 2.45) is 11.7 Å². The van der Waals surface area contributed by atoms with E-state index in [2.05, 4.69) is 19.2 Å². The molecule has 126 valence electrons. The molecule has 0 aliphatic heterocycles. The minimum Gasteiger partial charge on any atom is -0.493 e. The molecule has 1 atom stereocenters. The van der Waals surface area contributed by atoms with Crippen molar-refractivity contribution in [3.8, 4) is 5.75 Å². The number of nitrogens with one attached hydrogen (secondary N) is 1. The van der Waals surface area contributed by atoms with Gasteiger partial charge in [0.25, 0.3) is 0 Å². The number of carbonyl (C=O) groups is 1. The maximum absolute atomic E-state index is 11.9. The molecule has 0 aromatic heterocycles. The van der Waals surface area contributed by atoms with E-state index < -0.39 is 0 Å². The maximum atomic E-state index is 11.9. The van der Waals surface area contributed by atoms with Crippen LogP contribution in [-0.4, -0.2) is 25.1 Å². The highest BCUT2D eigenvalue weighted by molar-refractivity contribution is 5.85. The van der Waals surface area contributed by atoms with E-state index in [1.807, 2.05) is 32.0 Å². The van der Waals surface area contributed by atoms with E-state index in [-0.39, 0.29) is 24.4 Å². The number of ether oxygens (including phenoxy) is 1. The summed E-state index contributed by atoms with van der Waals surface area (Å²) in [5.74, 6) is 1.36. The molecule has 0 spiro atoms. The molecule has 3 N–H and O–H groups in total. The number of benzene rings is 1. The molecule has 0 saturated heterocycles. The Labute approximate surface area is 140 Å². The monoisotopic (exact) mass is 328 g/mol. The summed E-state index contributed by atoms with van der Waals surface area (Å²) in [6.07, 6.45) is 1.25. The second-order valence-corrected chi connectivity index (χ2v) is 6.00. The topological polar surface area (TPSA) is 64.3 Å². The predicted molar refractivity (Wildman–Crippen MR) is 93.7 cm³/mol. The number of rotatable bonds is 8. The molecule has 0 fully saturated rings. The van der Waals surface area contributed by atoms with Crippen molar-refractivity contribution < 1.29 is 9.53 Å². The van der Waals surface area contributed by atoms with Gasteiger partial charge in [0, 0.05) is 12.6 Å². The lowest BCUT2D eigenvalue weighted by molar-refractivity contribution is -0.122. The van der Waals surface area contributed by atoms with E-state index >= 15 is 0 Å². The first kappa shape index (κ1) is 20.7. The molecule has 0 radical (unpaired) electrons. The van der Waals surface area contributed by atoms with Crippen molar-refractivity contribution >= 4 is 18.3 Å². The van der Waals surface area contributed by atoms with Crippen LogP contribution < -0.4 is 15.8 Å². The van der Waals surface area contributed by atoms with E-state index in [1.165, 1.54) is 0 Å². The van der Waals surface area contributed by atoms with Crippen molar-refractivity contribution in [1.82, 2.24) is 5.32 Å². The van der Waals surface area contributed by atoms with Crippen LogP contribution in [0.2, 0.25) is 0 Å². The van der Waals surface area contributed by atoms with Crippen LogP contribution in [0.5, 0.6) is 5.75 Å². The molecular weight excluding hydrogens is 300 g/mol. The largest absolute Gasteiger partial charge is 0.493 e. The third-order valence-electron chi connectivity index (χ3n) is 3.34. The average Bonchev–Trinajstić information content (AvgIpc) is 2.41. The number of aryl methyl sites for hydroxylation is 2. The number of amides is 1. The van der Waals surface area contributed by atoms with Crippen LogP contribution in [0.4, 0.5) is 0 Å². The fourth-order valence-electron chi connectivity index (χ4n) is 2.20. The summed E-state index contributed by atoms with van der Waals surface area (Å²) >= 11 is 0. The van der Waals surface area contributed by atoms with Gasteiger partial charge in [-0.15, -0.1) is 12.4 Å². The van der Waals surface area contributed by atoms with Gasteiger partial charge in [-0.3, -0.25) is 4.79 Å². The first-order valence-electron chi connectivity index (χ1n) is 7.61. The third-order valence-corrected chi connectivity index (χ3v) is 3.34. The van der Waals surface area contributed by atoms with E-state index in [1.54, 1.807) is 0 Å². The number of hydrogen-bond donors (Lipinski definition) is 2. The van der Waals surface area contributed by atoms with Crippen LogP contribution in [0.1, 0.15) is 37.8 Å². The molecule has 1 rings (SSSR count). The van der Waals surface area contributed by atoms with Crippen molar-refractivity contribution in [1.29, 1.82) is 0 Å². The second kappa shape index (κ2) is 10.5. The molecule has 22 heavy (non-hydrogen) atoms. The standard InChI is InChI=1S/C17H28N2O2.ClH/c1-12(2)9-15(11-18)19-17(20)7-8-21-16-10-13(3)5-6-14(16)4;/h5-6,10,12,15H,7-9,11,18H2,1-4H3,(H,19,20);1H. The van der Waals surface area contributed by atoms with Gasteiger partial charge >= 0.3 is 0 Å². The van der Waals surface area contributed by atoms with Gasteiger partial charge in [0.15, 0.2) is 0 Å². The minimum absolute atomic E-state index is 0. The predicted octanol–water partition coefficient (Wildman–Crippen LogP) is 2.98. The van der Waals surface area contributed by atoms with Crippen LogP contribution in [0.15, 0.2) is 18.2 Å². The van der Waals surface area contributed by atoms with E-state index in [9.17, 15) is 4.79 Å². The number of nitrogens with two attached hydrogens (primary N) is 1. The Morgan fingerprint density at radius 3 is 2.59 bits per heavy atom. The van der Waals surface area contributed by atoms with Crippen molar-refractivity contribution in [3.05, 3.63) is 29.3 Å². The SMILES string of the molecule is Cc1ccc(C)c(OCCC(=O)NC(CN)CC(C)C)c1.Cl. The van der Waals surface area contributed by atoms with Gasteiger partial charge in [0.1, 0.15) is 5.75 Å². The first-order chi connectivity index (χ1) is 9.92. The van der Waals surface area contributed by atoms with E-state index in [0.29, 0.717) is 25.5 Å². The van der Waals surface area contributed by atoms with Crippen LogP contribution in [0.25, 0.3) is 0 Å². The highest BCUT2D eigenvalue weighted by atomic mass is 35.5. The third kappa shape index (κ3) is 7.66. The average molecular weight is 329 g/mol. The molecule has 4 nitrogen and oxygen atoms in total.